The van der Waals surface area contributed by atoms with E-state index in [-0.39, 0.29) is 0 Å². The molecule has 0 rings (SSSR count). The lowest BCUT2D eigenvalue weighted by atomic mass is 10.2. The molecule has 0 saturated heterocycles. The lowest BCUT2D eigenvalue weighted by Gasteiger charge is -2.28. The van der Waals surface area contributed by atoms with Gasteiger partial charge in [-0.05, 0) is 34.2 Å². The van der Waals surface area contributed by atoms with Crippen LogP contribution in [0, 0.1) is 22.7 Å². The Morgan fingerprint density at radius 3 is 1.13 bits per heavy atom. The molecule has 0 saturated carbocycles. The molecule has 0 aromatic rings. The molecule has 0 aliphatic rings. The zero-order valence-corrected chi connectivity index (χ0v) is 11.2. The average molecular weight is 211 g/mol. The zero-order valence-electron chi connectivity index (χ0n) is 11.2. The summed E-state index contributed by atoms with van der Waals surface area (Å²) in [6.07, 6.45) is 0. The van der Waals surface area contributed by atoms with E-state index in [9.17, 15) is 0 Å². The SMILES string of the molecule is CC#N.CC#N.CCN(C(C)C)C(C)C. The summed E-state index contributed by atoms with van der Waals surface area (Å²) >= 11 is 0. The quantitative estimate of drug-likeness (QED) is 0.720. The standard InChI is InChI=1S/C8H19N.2C2H3N/c1-6-9(7(2)3)8(4)5;2*1-2-3/h7-8H,6H2,1-5H3;2*1H3. The van der Waals surface area contributed by atoms with Crippen molar-refractivity contribution in [2.75, 3.05) is 6.54 Å². The summed E-state index contributed by atoms with van der Waals surface area (Å²) in [5.41, 5.74) is 0. The minimum atomic E-state index is 0.690. The van der Waals surface area contributed by atoms with Crippen LogP contribution in [0.3, 0.4) is 0 Å². The molecule has 0 heterocycles. The molecule has 0 aromatic heterocycles. The fourth-order valence-corrected chi connectivity index (χ4v) is 1.33. The number of hydrogen-bond acceptors (Lipinski definition) is 3. The van der Waals surface area contributed by atoms with Gasteiger partial charge in [0.05, 0.1) is 12.1 Å². The molecule has 0 unspecified atom stereocenters. The molecule has 0 aliphatic heterocycles. The van der Waals surface area contributed by atoms with Gasteiger partial charge in [-0.1, -0.05) is 6.92 Å². The molecule has 0 bridgehead atoms. The third kappa shape index (κ3) is 19.4. The largest absolute Gasteiger partial charge is 0.299 e. The fourth-order valence-electron chi connectivity index (χ4n) is 1.33. The smallest absolute Gasteiger partial charge is 0.0587 e. The number of hydrogen-bond donors (Lipinski definition) is 0. The van der Waals surface area contributed by atoms with Gasteiger partial charge in [-0.3, -0.25) is 4.90 Å². The Morgan fingerprint density at radius 2 is 1.13 bits per heavy atom. The summed E-state index contributed by atoms with van der Waals surface area (Å²) in [4.78, 5) is 2.46. The van der Waals surface area contributed by atoms with Gasteiger partial charge in [-0.15, -0.1) is 0 Å². The summed E-state index contributed by atoms with van der Waals surface area (Å²) < 4.78 is 0. The number of rotatable bonds is 3. The first-order valence-corrected chi connectivity index (χ1v) is 5.30. The highest BCUT2D eigenvalue weighted by Crippen LogP contribution is 2.02. The Hall–Kier alpha value is -1.06. The monoisotopic (exact) mass is 211 g/mol. The van der Waals surface area contributed by atoms with Crippen LogP contribution in [0.25, 0.3) is 0 Å². The van der Waals surface area contributed by atoms with Crippen LogP contribution in [0.1, 0.15) is 48.5 Å². The molecule has 15 heavy (non-hydrogen) atoms. The predicted molar refractivity (Wildman–Crippen MR) is 65.2 cm³/mol. The molecule has 0 radical (unpaired) electrons. The third-order valence-corrected chi connectivity index (χ3v) is 1.69. The molecule has 0 spiro atoms. The van der Waals surface area contributed by atoms with Crippen LogP contribution >= 0.6 is 0 Å². The minimum absolute atomic E-state index is 0.690. The molecule has 0 atom stereocenters. The van der Waals surface area contributed by atoms with Crippen LogP contribution in [0.4, 0.5) is 0 Å². The van der Waals surface area contributed by atoms with Gasteiger partial charge in [0.2, 0.25) is 0 Å². The molecule has 0 fully saturated rings. The Morgan fingerprint density at radius 1 is 0.933 bits per heavy atom. The lowest BCUT2D eigenvalue weighted by Crippen LogP contribution is -2.36. The third-order valence-electron chi connectivity index (χ3n) is 1.69. The Labute approximate surface area is 95.3 Å². The van der Waals surface area contributed by atoms with E-state index in [4.69, 9.17) is 10.5 Å². The number of nitriles is 2. The normalized spacial score (nSPS) is 8.27. The first kappa shape index (κ1) is 19.5. The van der Waals surface area contributed by atoms with Crippen LogP contribution < -0.4 is 0 Å². The van der Waals surface area contributed by atoms with Gasteiger partial charge in [0, 0.05) is 25.9 Å². The van der Waals surface area contributed by atoms with E-state index < -0.39 is 0 Å². The first-order chi connectivity index (χ1) is 6.92. The van der Waals surface area contributed by atoms with Crippen molar-refractivity contribution in [3.8, 4) is 12.1 Å². The highest BCUT2D eigenvalue weighted by atomic mass is 15.2. The predicted octanol–water partition coefficient (Wildman–Crippen LogP) is 3.18. The van der Waals surface area contributed by atoms with E-state index >= 15 is 0 Å². The Balaban J connectivity index is -0.000000200. The molecular formula is C12H25N3. The van der Waals surface area contributed by atoms with Gasteiger partial charge in [0.15, 0.2) is 0 Å². The van der Waals surface area contributed by atoms with Crippen LogP contribution in [0.2, 0.25) is 0 Å². The summed E-state index contributed by atoms with van der Waals surface area (Å²) in [5.74, 6) is 0. The van der Waals surface area contributed by atoms with Gasteiger partial charge in [-0.2, -0.15) is 10.5 Å². The molecular weight excluding hydrogens is 186 g/mol. The molecule has 88 valence electrons. The average Bonchev–Trinajstić information content (AvgIpc) is 2.06. The van der Waals surface area contributed by atoms with Crippen molar-refractivity contribution in [2.24, 2.45) is 0 Å². The maximum Gasteiger partial charge on any atom is 0.0587 e. The van der Waals surface area contributed by atoms with E-state index in [0.29, 0.717) is 12.1 Å². The van der Waals surface area contributed by atoms with Crippen LogP contribution in [-0.4, -0.2) is 23.5 Å². The van der Waals surface area contributed by atoms with E-state index in [1.165, 1.54) is 13.8 Å². The van der Waals surface area contributed by atoms with E-state index in [0.717, 1.165) is 6.54 Å². The van der Waals surface area contributed by atoms with Gasteiger partial charge < -0.3 is 0 Å². The van der Waals surface area contributed by atoms with E-state index in [1.807, 2.05) is 0 Å². The van der Waals surface area contributed by atoms with Gasteiger partial charge in [0.1, 0.15) is 0 Å². The summed E-state index contributed by atoms with van der Waals surface area (Å²) in [6, 6.07) is 4.88. The Bertz CT molecular complexity index is 164. The van der Waals surface area contributed by atoms with Gasteiger partial charge >= 0.3 is 0 Å². The fraction of sp³-hybridized carbons (Fsp3) is 0.833. The van der Waals surface area contributed by atoms with Crippen LogP contribution in [-0.2, 0) is 0 Å². The topological polar surface area (TPSA) is 50.8 Å². The summed E-state index contributed by atoms with van der Waals surface area (Å²) in [7, 11) is 0. The van der Waals surface area contributed by atoms with Crippen LogP contribution in [0.15, 0.2) is 0 Å². The second kappa shape index (κ2) is 15.4. The Kier molecular flexibility index (Phi) is 20.0. The van der Waals surface area contributed by atoms with Crippen molar-refractivity contribution in [3.63, 3.8) is 0 Å². The molecule has 3 nitrogen and oxygen atoms in total. The lowest BCUT2D eigenvalue weighted by molar-refractivity contribution is 0.185. The highest BCUT2D eigenvalue weighted by molar-refractivity contribution is 4.64. The van der Waals surface area contributed by atoms with Crippen molar-refractivity contribution in [1.82, 2.24) is 4.90 Å². The van der Waals surface area contributed by atoms with Gasteiger partial charge in [0.25, 0.3) is 0 Å². The zero-order chi connectivity index (χ0) is 12.9. The maximum absolute atomic E-state index is 7.32. The second-order valence-corrected chi connectivity index (χ2v) is 3.47. The highest BCUT2D eigenvalue weighted by Gasteiger charge is 2.08. The first-order valence-electron chi connectivity index (χ1n) is 5.30. The van der Waals surface area contributed by atoms with Gasteiger partial charge in [-0.25, -0.2) is 0 Å². The van der Waals surface area contributed by atoms with E-state index in [2.05, 4.69) is 39.5 Å². The van der Waals surface area contributed by atoms with Crippen molar-refractivity contribution >= 4 is 0 Å². The molecule has 0 aromatic carbocycles. The maximum atomic E-state index is 7.32. The molecule has 0 aliphatic carbocycles. The van der Waals surface area contributed by atoms with Crippen molar-refractivity contribution < 1.29 is 0 Å². The van der Waals surface area contributed by atoms with Crippen molar-refractivity contribution in [2.45, 2.75) is 60.5 Å². The van der Waals surface area contributed by atoms with E-state index in [1.54, 1.807) is 12.1 Å². The molecule has 0 N–H and O–H groups in total. The summed E-state index contributed by atoms with van der Waals surface area (Å²) in [6.45, 7) is 15.2. The minimum Gasteiger partial charge on any atom is -0.299 e. The molecule has 3 heteroatoms. The van der Waals surface area contributed by atoms with Crippen molar-refractivity contribution in [1.29, 1.82) is 10.5 Å². The molecule has 0 amide bonds. The summed E-state index contributed by atoms with van der Waals surface area (Å²) in [5, 5.41) is 14.6. The van der Waals surface area contributed by atoms with Crippen molar-refractivity contribution in [3.05, 3.63) is 0 Å². The second-order valence-electron chi connectivity index (χ2n) is 3.47. The number of nitrogens with zero attached hydrogens (tertiary/aromatic N) is 3. The van der Waals surface area contributed by atoms with Crippen LogP contribution in [0.5, 0.6) is 0 Å².